The fourth-order valence-corrected chi connectivity index (χ4v) is 4.52. The Labute approximate surface area is 225 Å². The molecule has 2 atom stereocenters. The maximum atomic E-state index is 14.1. The third-order valence-electron chi connectivity index (χ3n) is 6.45. The summed E-state index contributed by atoms with van der Waals surface area (Å²) in [5.41, 5.74) is 2.57. The van der Waals surface area contributed by atoms with Gasteiger partial charge in [-0.1, -0.05) is 84.9 Å². The smallest absolute Gasteiger partial charge is 0.411 e. The van der Waals surface area contributed by atoms with E-state index in [0.717, 1.165) is 11.1 Å². The van der Waals surface area contributed by atoms with Crippen molar-refractivity contribution in [1.82, 2.24) is 10.2 Å². The molecule has 2 N–H and O–H groups in total. The molecule has 1 aliphatic heterocycles. The minimum Gasteiger partial charge on any atom is -0.438 e. The topological polar surface area (TPSA) is 87.7 Å². The van der Waals surface area contributed by atoms with Gasteiger partial charge in [-0.25, -0.2) is 9.18 Å². The maximum Gasteiger partial charge on any atom is 0.411 e. The molecule has 1 aliphatic rings. The maximum absolute atomic E-state index is 14.1. The number of ether oxygens (including phenoxy) is 1. The predicted molar refractivity (Wildman–Crippen MR) is 144 cm³/mol. The van der Waals surface area contributed by atoms with Gasteiger partial charge in [0.1, 0.15) is 5.82 Å². The van der Waals surface area contributed by atoms with Crippen LogP contribution in [0.1, 0.15) is 33.2 Å². The molecule has 196 valence electrons. The number of carbonyl (C=O) groups excluding carboxylic acids is 3. The van der Waals surface area contributed by atoms with Crippen LogP contribution >= 0.6 is 0 Å². The molecule has 1 fully saturated rings. The molecule has 3 amide bonds. The average Bonchev–Trinajstić information content (AvgIpc) is 3.29. The van der Waals surface area contributed by atoms with Crippen LogP contribution in [0.5, 0.6) is 0 Å². The summed E-state index contributed by atoms with van der Waals surface area (Å²) in [6.45, 7) is 0.471. The lowest BCUT2D eigenvalue weighted by molar-refractivity contribution is -0.126. The lowest BCUT2D eigenvalue weighted by atomic mass is 10.00. The summed E-state index contributed by atoms with van der Waals surface area (Å²) in [5.74, 6) is -1.62. The van der Waals surface area contributed by atoms with Gasteiger partial charge in [-0.15, -0.1) is 0 Å². The number of amides is 3. The Balaban J connectivity index is 1.41. The molecule has 1 heterocycles. The summed E-state index contributed by atoms with van der Waals surface area (Å²) < 4.78 is 19.8. The second-order valence-electron chi connectivity index (χ2n) is 9.13. The fraction of sp³-hybridized carbons (Fsp3) is 0.129. The molecule has 0 bridgehead atoms. The first-order valence-corrected chi connectivity index (χ1v) is 12.5. The van der Waals surface area contributed by atoms with Crippen molar-refractivity contribution < 1.29 is 23.5 Å². The number of nitrogens with one attached hydrogen (secondary N) is 2. The van der Waals surface area contributed by atoms with E-state index < -0.39 is 30.0 Å². The summed E-state index contributed by atoms with van der Waals surface area (Å²) in [7, 11) is 0. The van der Waals surface area contributed by atoms with E-state index in [9.17, 15) is 18.8 Å². The van der Waals surface area contributed by atoms with Crippen molar-refractivity contribution in [2.75, 3.05) is 5.32 Å². The van der Waals surface area contributed by atoms with Gasteiger partial charge in [-0.2, -0.15) is 0 Å². The number of rotatable bonds is 8. The highest BCUT2D eigenvalue weighted by Gasteiger charge is 2.47. The number of carbonyl (C=O) groups is 3. The largest absolute Gasteiger partial charge is 0.438 e. The molecule has 0 spiro atoms. The van der Waals surface area contributed by atoms with Crippen LogP contribution in [0.15, 0.2) is 109 Å². The molecule has 4 aromatic carbocycles. The highest BCUT2D eigenvalue weighted by molar-refractivity contribution is 6.04. The number of benzene rings is 4. The highest BCUT2D eigenvalue weighted by Crippen LogP contribution is 2.35. The monoisotopic (exact) mass is 523 g/mol. The van der Waals surface area contributed by atoms with Crippen molar-refractivity contribution in [3.05, 3.63) is 137 Å². The number of nitrogens with zero attached hydrogens (tertiary/aromatic N) is 1. The van der Waals surface area contributed by atoms with Crippen molar-refractivity contribution in [2.24, 2.45) is 0 Å². The summed E-state index contributed by atoms with van der Waals surface area (Å²) in [4.78, 5) is 40.7. The normalized spacial score (nSPS) is 16.4. The Kier molecular flexibility index (Phi) is 7.63. The Morgan fingerprint density at radius 2 is 1.49 bits per heavy atom. The van der Waals surface area contributed by atoms with Gasteiger partial charge < -0.3 is 15.4 Å². The molecule has 1 saturated heterocycles. The van der Waals surface area contributed by atoms with E-state index in [1.807, 2.05) is 60.7 Å². The fourth-order valence-electron chi connectivity index (χ4n) is 4.52. The summed E-state index contributed by atoms with van der Waals surface area (Å²) in [5, 5.41) is 5.61. The predicted octanol–water partition coefficient (Wildman–Crippen LogP) is 5.46. The van der Waals surface area contributed by atoms with Crippen LogP contribution < -0.4 is 10.6 Å². The van der Waals surface area contributed by atoms with Crippen LogP contribution in [0.25, 0.3) is 0 Å². The molecule has 8 heteroatoms. The van der Waals surface area contributed by atoms with Gasteiger partial charge in [-0.05, 0) is 41.0 Å². The number of cyclic esters (lactones) is 1. The van der Waals surface area contributed by atoms with Gasteiger partial charge in [0.15, 0.2) is 12.1 Å². The molecular weight excluding hydrogens is 497 g/mol. The minimum absolute atomic E-state index is 0.0950. The molecule has 0 radical (unpaired) electrons. The lowest BCUT2D eigenvalue weighted by Gasteiger charge is -2.24. The summed E-state index contributed by atoms with van der Waals surface area (Å²) in [6.07, 6.45) is -1.55. The highest BCUT2D eigenvalue weighted by atomic mass is 19.1. The molecular formula is C31H26FN3O4. The van der Waals surface area contributed by atoms with Gasteiger partial charge >= 0.3 is 6.09 Å². The van der Waals surface area contributed by atoms with E-state index in [1.54, 1.807) is 30.3 Å². The molecule has 0 aromatic heterocycles. The number of hydrogen-bond acceptors (Lipinski definition) is 4. The minimum atomic E-state index is -0.959. The summed E-state index contributed by atoms with van der Waals surface area (Å²) >= 11 is 0. The van der Waals surface area contributed by atoms with E-state index >= 15 is 0 Å². The zero-order valence-electron chi connectivity index (χ0n) is 20.9. The Bertz CT molecular complexity index is 1480. The molecule has 7 nitrogen and oxygen atoms in total. The van der Waals surface area contributed by atoms with E-state index in [0.29, 0.717) is 11.3 Å². The van der Waals surface area contributed by atoms with Gasteiger partial charge in [0, 0.05) is 12.2 Å². The third kappa shape index (κ3) is 5.96. The third-order valence-corrected chi connectivity index (χ3v) is 6.45. The van der Waals surface area contributed by atoms with E-state index in [2.05, 4.69) is 10.6 Å². The van der Waals surface area contributed by atoms with Crippen molar-refractivity contribution in [3.8, 4) is 0 Å². The molecule has 0 aliphatic carbocycles. The lowest BCUT2D eigenvalue weighted by Crippen LogP contribution is -2.46. The molecule has 5 rings (SSSR count). The van der Waals surface area contributed by atoms with Gasteiger partial charge in [0.2, 0.25) is 5.91 Å². The zero-order valence-corrected chi connectivity index (χ0v) is 20.9. The molecule has 0 saturated carbocycles. The van der Waals surface area contributed by atoms with E-state index in [4.69, 9.17) is 4.74 Å². The van der Waals surface area contributed by atoms with Crippen molar-refractivity contribution in [1.29, 1.82) is 0 Å². The standard InChI is InChI=1S/C31H26FN3O4/c32-26-17-8-7-16-25(26)29(36)34-24-15-9-14-23(18-24)28-27(30(37)33-19-21-10-3-1-4-11-21)35(31(38)39-28)20-22-12-5-2-6-13-22/h1-18,27-28H,19-20H2,(H,33,37)(H,34,36)/t27-,28-/m1/s1. The van der Waals surface area contributed by atoms with Crippen LogP contribution in [0.3, 0.4) is 0 Å². The van der Waals surface area contributed by atoms with Crippen LogP contribution in [0.2, 0.25) is 0 Å². The molecule has 4 aromatic rings. The van der Waals surface area contributed by atoms with Gasteiger partial charge in [-0.3, -0.25) is 14.5 Å². The Morgan fingerprint density at radius 3 is 2.21 bits per heavy atom. The van der Waals surface area contributed by atoms with Crippen LogP contribution in [-0.2, 0) is 22.6 Å². The zero-order chi connectivity index (χ0) is 27.2. The van der Waals surface area contributed by atoms with Crippen molar-refractivity contribution >= 4 is 23.6 Å². The van der Waals surface area contributed by atoms with Gasteiger partial charge in [0.05, 0.1) is 12.1 Å². The van der Waals surface area contributed by atoms with E-state index in [-0.39, 0.29) is 24.6 Å². The molecule has 0 unspecified atom stereocenters. The van der Waals surface area contributed by atoms with Crippen LogP contribution in [0, 0.1) is 5.82 Å². The number of anilines is 1. The summed E-state index contributed by atoms with van der Waals surface area (Å²) in [6, 6.07) is 30.2. The SMILES string of the molecule is O=C(Nc1cccc([C@H]2OC(=O)N(Cc3ccccc3)[C@H]2C(=O)NCc2ccccc2)c1)c1ccccc1F. The van der Waals surface area contributed by atoms with Crippen molar-refractivity contribution in [2.45, 2.75) is 25.2 Å². The first kappa shape index (κ1) is 25.7. The van der Waals surface area contributed by atoms with E-state index in [1.165, 1.54) is 23.1 Å². The second-order valence-corrected chi connectivity index (χ2v) is 9.13. The second kappa shape index (κ2) is 11.6. The molecule has 39 heavy (non-hydrogen) atoms. The first-order valence-electron chi connectivity index (χ1n) is 12.5. The Hall–Kier alpha value is -4.98. The van der Waals surface area contributed by atoms with Gasteiger partial charge in [0.25, 0.3) is 5.91 Å². The first-order chi connectivity index (χ1) is 19.0. The van der Waals surface area contributed by atoms with Crippen LogP contribution in [0.4, 0.5) is 14.9 Å². The van der Waals surface area contributed by atoms with Crippen molar-refractivity contribution in [3.63, 3.8) is 0 Å². The van der Waals surface area contributed by atoms with Crippen LogP contribution in [-0.4, -0.2) is 28.8 Å². The number of hydrogen-bond donors (Lipinski definition) is 2. The average molecular weight is 524 g/mol. The Morgan fingerprint density at radius 1 is 0.821 bits per heavy atom. The quantitative estimate of drug-likeness (QED) is 0.321. The number of halogens is 1.